The maximum absolute atomic E-state index is 5.57. The Bertz CT molecular complexity index is 613. The van der Waals surface area contributed by atoms with Crippen LogP contribution in [0.3, 0.4) is 0 Å². The number of hydrogen-bond donors (Lipinski definition) is 2. The van der Waals surface area contributed by atoms with Gasteiger partial charge in [-0.05, 0) is 33.6 Å². The smallest absolute Gasteiger partial charge is 0.213 e. The lowest BCUT2D eigenvalue weighted by Crippen LogP contribution is -2.08. The number of nitrogens with one attached hydrogen (secondary N) is 2. The molecule has 0 bridgehead atoms. The van der Waals surface area contributed by atoms with E-state index in [0.717, 1.165) is 35.5 Å². The number of oxazole rings is 1. The molecule has 0 unspecified atom stereocenters. The fourth-order valence-corrected chi connectivity index (χ4v) is 2.13. The van der Waals surface area contributed by atoms with Crippen molar-refractivity contribution in [2.45, 2.75) is 46.1 Å². The molecule has 2 N–H and O–H groups in total. The standard InChI is InChI=1S/C15H21N5O/c1-4-16-12-7-13(20-15(19-12)11-5-6-11)17-8-14-18-9(2)10(3)21-14/h7,11H,4-6,8H2,1-3H3,(H2,16,17,19,20). The lowest BCUT2D eigenvalue weighted by Gasteiger charge is -2.09. The molecule has 0 aromatic carbocycles. The number of nitrogens with zero attached hydrogens (tertiary/aromatic N) is 3. The maximum atomic E-state index is 5.57. The molecule has 2 heterocycles. The summed E-state index contributed by atoms with van der Waals surface area (Å²) in [5.41, 5.74) is 0.932. The normalized spacial score (nSPS) is 14.2. The molecule has 1 saturated carbocycles. The monoisotopic (exact) mass is 287 g/mol. The lowest BCUT2D eigenvalue weighted by molar-refractivity contribution is 0.478. The van der Waals surface area contributed by atoms with Crippen LogP contribution in [-0.2, 0) is 6.54 Å². The first-order valence-electron chi connectivity index (χ1n) is 7.45. The summed E-state index contributed by atoms with van der Waals surface area (Å²) in [7, 11) is 0. The second kappa shape index (κ2) is 5.71. The van der Waals surface area contributed by atoms with Gasteiger partial charge in [-0.1, -0.05) is 0 Å². The fraction of sp³-hybridized carbons (Fsp3) is 0.533. The van der Waals surface area contributed by atoms with Crippen molar-refractivity contribution in [3.05, 3.63) is 29.2 Å². The van der Waals surface area contributed by atoms with Gasteiger partial charge in [0.15, 0.2) is 0 Å². The third-order valence-electron chi connectivity index (χ3n) is 3.54. The van der Waals surface area contributed by atoms with E-state index in [1.807, 2.05) is 19.9 Å². The first kappa shape index (κ1) is 13.9. The van der Waals surface area contributed by atoms with Crippen molar-refractivity contribution in [3.8, 4) is 0 Å². The van der Waals surface area contributed by atoms with Crippen LogP contribution in [0.5, 0.6) is 0 Å². The minimum absolute atomic E-state index is 0.524. The van der Waals surface area contributed by atoms with E-state index in [1.54, 1.807) is 0 Å². The van der Waals surface area contributed by atoms with Crippen LogP contribution in [0, 0.1) is 13.8 Å². The molecule has 2 aromatic heterocycles. The molecule has 6 heteroatoms. The van der Waals surface area contributed by atoms with Crippen LogP contribution in [0.4, 0.5) is 11.6 Å². The number of hydrogen-bond acceptors (Lipinski definition) is 6. The first-order chi connectivity index (χ1) is 10.2. The van der Waals surface area contributed by atoms with Gasteiger partial charge in [-0.3, -0.25) is 0 Å². The number of aryl methyl sites for hydroxylation is 2. The molecular formula is C15H21N5O. The van der Waals surface area contributed by atoms with E-state index < -0.39 is 0 Å². The van der Waals surface area contributed by atoms with Gasteiger partial charge in [-0.25, -0.2) is 15.0 Å². The van der Waals surface area contributed by atoms with Gasteiger partial charge < -0.3 is 15.1 Å². The summed E-state index contributed by atoms with van der Waals surface area (Å²) in [6, 6.07) is 1.93. The quantitative estimate of drug-likeness (QED) is 0.850. The number of rotatable bonds is 6. The number of aromatic nitrogens is 3. The van der Waals surface area contributed by atoms with E-state index in [9.17, 15) is 0 Å². The highest BCUT2D eigenvalue weighted by molar-refractivity contribution is 5.48. The van der Waals surface area contributed by atoms with Crippen LogP contribution in [0.25, 0.3) is 0 Å². The van der Waals surface area contributed by atoms with Gasteiger partial charge in [0.25, 0.3) is 0 Å². The summed E-state index contributed by atoms with van der Waals surface area (Å²) in [6.45, 7) is 7.30. The van der Waals surface area contributed by atoms with Crippen molar-refractivity contribution in [1.82, 2.24) is 15.0 Å². The third kappa shape index (κ3) is 3.32. The van der Waals surface area contributed by atoms with E-state index in [-0.39, 0.29) is 0 Å². The second-order valence-corrected chi connectivity index (χ2v) is 5.40. The van der Waals surface area contributed by atoms with Crippen LogP contribution < -0.4 is 10.6 Å². The van der Waals surface area contributed by atoms with E-state index in [1.165, 1.54) is 12.8 Å². The predicted molar refractivity (Wildman–Crippen MR) is 81.5 cm³/mol. The van der Waals surface area contributed by atoms with Gasteiger partial charge in [-0.2, -0.15) is 0 Å². The Morgan fingerprint density at radius 3 is 2.43 bits per heavy atom. The molecule has 3 rings (SSSR count). The second-order valence-electron chi connectivity index (χ2n) is 5.40. The Hall–Kier alpha value is -2.11. The van der Waals surface area contributed by atoms with Crippen molar-refractivity contribution >= 4 is 11.6 Å². The molecular weight excluding hydrogens is 266 g/mol. The molecule has 1 fully saturated rings. The van der Waals surface area contributed by atoms with Gasteiger partial charge in [0.1, 0.15) is 23.2 Å². The Balaban J connectivity index is 1.74. The average molecular weight is 287 g/mol. The Labute approximate surface area is 124 Å². The zero-order valence-corrected chi connectivity index (χ0v) is 12.7. The lowest BCUT2D eigenvalue weighted by atomic mass is 10.3. The van der Waals surface area contributed by atoms with E-state index in [4.69, 9.17) is 4.42 Å². The highest BCUT2D eigenvalue weighted by Crippen LogP contribution is 2.38. The van der Waals surface area contributed by atoms with Crippen molar-refractivity contribution in [2.75, 3.05) is 17.2 Å². The van der Waals surface area contributed by atoms with E-state index >= 15 is 0 Å². The first-order valence-corrected chi connectivity index (χ1v) is 7.45. The molecule has 1 aliphatic carbocycles. The molecule has 0 amide bonds. The number of anilines is 2. The molecule has 21 heavy (non-hydrogen) atoms. The van der Waals surface area contributed by atoms with Gasteiger partial charge in [0.05, 0.1) is 12.2 Å². The molecule has 0 atom stereocenters. The highest BCUT2D eigenvalue weighted by Gasteiger charge is 2.27. The fourth-order valence-electron chi connectivity index (χ4n) is 2.13. The summed E-state index contributed by atoms with van der Waals surface area (Å²) in [4.78, 5) is 13.5. The van der Waals surface area contributed by atoms with E-state index in [0.29, 0.717) is 18.4 Å². The van der Waals surface area contributed by atoms with Crippen LogP contribution in [0.1, 0.15) is 48.9 Å². The summed E-state index contributed by atoms with van der Waals surface area (Å²) in [6.07, 6.45) is 2.38. The molecule has 0 saturated heterocycles. The minimum atomic E-state index is 0.524. The minimum Gasteiger partial charge on any atom is -0.444 e. The van der Waals surface area contributed by atoms with Crippen molar-refractivity contribution in [3.63, 3.8) is 0 Å². The van der Waals surface area contributed by atoms with Crippen molar-refractivity contribution < 1.29 is 4.42 Å². The van der Waals surface area contributed by atoms with Gasteiger partial charge in [0.2, 0.25) is 5.89 Å². The van der Waals surface area contributed by atoms with Crippen LogP contribution in [-0.4, -0.2) is 21.5 Å². The molecule has 1 aliphatic rings. The summed E-state index contributed by atoms with van der Waals surface area (Å²) in [5.74, 6) is 4.68. The molecule has 0 spiro atoms. The SMILES string of the molecule is CCNc1cc(NCc2nc(C)c(C)o2)nc(C2CC2)n1. The maximum Gasteiger partial charge on any atom is 0.213 e. The molecule has 0 aliphatic heterocycles. The summed E-state index contributed by atoms with van der Waals surface area (Å²) in [5, 5.41) is 6.53. The highest BCUT2D eigenvalue weighted by atomic mass is 16.4. The molecule has 6 nitrogen and oxygen atoms in total. The van der Waals surface area contributed by atoms with Gasteiger partial charge in [-0.15, -0.1) is 0 Å². The summed E-state index contributed by atoms with van der Waals surface area (Å²) >= 11 is 0. The largest absolute Gasteiger partial charge is 0.444 e. The molecule has 0 radical (unpaired) electrons. The molecule has 2 aromatic rings. The molecule has 112 valence electrons. The van der Waals surface area contributed by atoms with Crippen molar-refractivity contribution in [1.29, 1.82) is 0 Å². The van der Waals surface area contributed by atoms with Crippen LogP contribution >= 0.6 is 0 Å². The topological polar surface area (TPSA) is 75.9 Å². The van der Waals surface area contributed by atoms with Gasteiger partial charge in [0, 0.05) is 18.5 Å². The van der Waals surface area contributed by atoms with Crippen LogP contribution in [0.2, 0.25) is 0 Å². The Morgan fingerprint density at radius 1 is 1.14 bits per heavy atom. The predicted octanol–water partition coefficient (Wildman–Crippen LogP) is 3.00. The zero-order valence-electron chi connectivity index (χ0n) is 12.7. The Morgan fingerprint density at radius 2 is 1.86 bits per heavy atom. The van der Waals surface area contributed by atoms with Crippen molar-refractivity contribution in [2.24, 2.45) is 0 Å². The van der Waals surface area contributed by atoms with Gasteiger partial charge >= 0.3 is 0 Å². The average Bonchev–Trinajstić information content (AvgIpc) is 3.25. The Kier molecular flexibility index (Phi) is 3.77. The third-order valence-corrected chi connectivity index (χ3v) is 3.54. The zero-order chi connectivity index (χ0) is 14.8. The van der Waals surface area contributed by atoms with E-state index in [2.05, 4.69) is 32.5 Å². The summed E-state index contributed by atoms with van der Waals surface area (Å²) < 4.78 is 5.57. The van der Waals surface area contributed by atoms with Crippen LogP contribution in [0.15, 0.2) is 10.5 Å².